The molecule has 2 amide bonds. The predicted molar refractivity (Wildman–Crippen MR) is 146 cm³/mol. The second kappa shape index (κ2) is 20.8. The predicted octanol–water partition coefficient (Wildman–Crippen LogP) is 3.35. The van der Waals surface area contributed by atoms with Crippen molar-refractivity contribution in [3.63, 3.8) is 0 Å². The van der Waals surface area contributed by atoms with Gasteiger partial charge in [-0.05, 0) is 40.7 Å². The molecule has 10 nitrogen and oxygen atoms in total. The van der Waals surface area contributed by atoms with Gasteiger partial charge in [-0.3, -0.25) is 14.5 Å². The Hall–Kier alpha value is -1.21. The Labute approximate surface area is 225 Å². The van der Waals surface area contributed by atoms with E-state index in [4.69, 9.17) is 18.9 Å². The SMILES string of the molecule is CCOCCCOCN(C)CCN(C)C(=O)CCC(C)(C)SSCCOC(=O)N(C)CCOC(C)=O. The van der Waals surface area contributed by atoms with Crippen molar-refractivity contribution in [3.05, 3.63) is 0 Å². The van der Waals surface area contributed by atoms with Crippen LogP contribution in [0.25, 0.3) is 0 Å². The molecule has 0 atom stereocenters. The topological polar surface area (TPSA) is 97.8 Å². The number of amides is 2. The molecule has 36 heavy (non-hydrogen) atoms. The summed E-state index contributed by atoms with van der Waals surface area (Å²) >= 11 is 0. The Morgan fingerprint density at radius 1 is 0.861 bits per heavy atom. The zero-order chi connectivity index (χ0) is 27.4. The summed E-state index contributed by atoms with van der Waals surface area (Å²) in [6.07, 6.45) is 1.68. The average Bonchev–Trinajstić information content (AvgIpc) is 2.82. The maximum absolute atomic E-state index is 12.5. The van der Waals surface area contributed by atoms with Crippen LogP contribution in [0.3, 0.4) is 0 Å². The lowest BCUT2D eigenvalue weighted by molar-refractivity contribution is -0.141. The van der Waals surface area contributed by atoms with Crippen molar-refractivity contribution in [3.8, 4) is 0 Å². The van der Waals surface area contributed by atoms with Gasteiger partial charge in [-0.15, -0.1) is 0 Å². The number of hydrogen-bond acceptors (Lipinski definition) is 10. The summed E-state index contributed by atoms with van der Waals surface area (Å²) in [6.45, 7) is 12.3. The Bertz CT molecular complexity index is 627. The first-order chi connectivity index (χ1) is 17.0. The maximum Gasteiger partial charge on any atom is 0.409 e. The minimum absolute atomic E-state index is 0.0852. The molecule has 0 saturated heterocycles. The summed E-state index contributed by atoms with van der Waals surface area (Å²) in [4.78, 5) is 40.4. The number of ether oxygens (including phenoxy) is 4. The summed E-state index contributed by atoms with van der Waals surface area (Å²) in [5.41, 5.74) is 0. The van der Waals surface area contributed by atoms with Crippen LogP contribution in [0, 0.1) is 0 Å². The Kier molecular flexibility index (Phi) is 20.1. The number of hydrogen-bond donors (Lipinski definition) is 0. The molecule has 0 radical (unpaired) electrons. The highest BCUT2D eigenvalue weighted by molar-refractivity contribution is 8.77. The molecule has 12 heteroatoms. The first kappa shape index (κ1) is 34.8. The van der Waals surface area contributed by atoms with E-state index in [1.54, 1.807) is 33.5 Å². The lowest BCUT2D eigenvalue weighted by atomic mass is 10.1. The van der Waals surface area contributed by atoms with Gasteiger partial charge in [0.15, 0.2) is 0 Å². The molecular weight excluding hydrogens is 506 g/mol. The number of nitrogens with zero attached hydrogens (tertiary/aromatic N) is 3. The molecule has 0 fully saturated rings. The van der Waals surface area contributed by atoms with E-state index in [2.05, 4.69) is 18.7 Å². The van der Waals surface area contributed by atoms with Gasteiger partial charge in [0.1, 0.15) is 13.2 Å². The van der Waals surface area contributed by atoms with Gasteiger partial charge in [-0.25, -0.2) is 4.79 Å². The molecule has 0 rings (SSSR count). The maximum atomic E-state index is 12.5. The fourth-order valence-corrected chi connectivity index (χ4v) is 5.07. The van der Waals surface area contributed by atoms with Crippen molar-refractivity contribution in [1.29, 1.82) is 0 Å². The fraction of sp³-hybridized carbons (Fsp3) is 0.875. The third-order valence-electron chi connectivity index (χ3n) is 5.00. The molecule has 0 bridgehead atoms. The van der Waals surface area contributed by atoms with Crippen LogP contribution < -0.4 is 0 Å². The Morgan fingerprint density at radius 2 is 1.56 bits per heavy atom. The van der Waals surface area contributed by atoms with E-state index in [1.165, 1.54) is 11.8 Å². The summed E-state index contributed by atoms with van der Waals surface area (Å²) in [5, 5.41) is 0. The summed E-state index contributed by atoms with van der Waals surface area (Å²) in [7, 11) is 8.74. The molecule has 0 aliphatic rings. The van der Waals surface area contributed by atoms with Gasteiger partial charge in [-0.2, -0.15) is 0 Å². The zero-order valence-electron chi connectivity index (χ0n) is 23.2. The van der Waals surface area contributed by atoms with Crippen molar-refractivity contribution in [1.82, 2.24) is 14.7 Å². The number of esters is 1. The van der Waals surface area contributed by atoms with Crippen LogP contribution in [0.4, 0.5) is 4.79 Å². The van der Waals surface area contributed by atoms with Gasteiger partial charge in [0.2, 0.25) is 5.91 Å². The fourth-order valence-electron chi connectivity index (χ4n) is 2.67. The molecule has 0 aliphatic heterocycles. The van der Waals surface area contributed by atoms with Gasteiger partial charge in [0.05, 0.1) is 19.9 Å². The molecule has 0 aromatic heterocycles. The molecule has 0 saturated carbocycles. The Balaban J connectivity index is 3.95. The highest BCUT2D eigenvalue weighted by atomic mass is 33.1. The number of rotatable bonds is 21. The lowest BCUT2D eigenvalue weighted by Crippen LogP contribution is -2.36. The van der Waals surface area contributed by atoms with Crippen LogP contribution in [0.5, 0.6) is 0 Å². The van der Waals surface area contributed by atoms with E-state index < -0.39 is 6.09 Å². The van der Waals surface area contributed by atoms with Crippen LogP contribution in [0.15, 0.2) is 0 Å². The number of likely N-dealkylation sites (N-methyl/N-ethyl adjacent to an activating group) is 3. The quantitative estimate of drug-likeness (QED) is 0.0911. The molecule has 0 N–H and O–H groups in total. The number of carbonyl (C=O) groups excluding carboxylic acids is 3. The van der Waals surface area contributed by atoms with Gasteiger partial charge in [0, 0.05) is 64.2 Å². The lowest BCUT2D eigenvalue weighted by Gasteiger charge is -2.26. The normalized spacial score (nSPS) is 11.4. The van der Waals surface area contributed by atoms with E-state index >= 15 is 0 Å². The van der Waals surface area contributed by atoms with Crippen molar-refractivity contribution in [2.75, 3.05) is 86.3 Å². The molecule has 0 aromatic rings. The Morgan fingerprint density at radius 3 is 2.22 bits per heavy atom. The van der Waals surface area contributed by atoms with Crippen LogP contribution >= 0.6 is 21.6 Å². The van der Waals surface area contributed by atoms with Crippen molar-refractivity contribution in [2.45, 2.75) is 51.7 Å². The van der Waals surface area contributed by atoms with Crippen LogP contribution in [0.2, 0.25) is 0 Å². The van der Waals surface area contributed by atoms with E-state index in [-0.39, 0.29) is 36.4 Å². The molecule has 212 valence electrons. The summed E-state index contributed by atoms with van der Waals surface area (Å²) in [5.74, 6) is 0.399. The molecule has 0 spiro atoms. The second-order valence-electron chi connectivity index (χ2n) is 9.02. The molecule has 0 aromatic carbocycles. The second-order valence-corrected chi connectivity index (χ2v) is 12.1. The third-order valence-corrected chi connectivity index (χ3v) is 8.31. The highest BCUT2D eigenvalue weighted by Gasteiger charge is 2.22. The molecule has 0 unspecified atom stereocenters. The van der Waals surface area contributed by atoms with E-state index in [9.17, 15) is 14.4 Å². The van der Waals surface area contributed by atoms with E-state index in [1.807, 2.05) is 21.0 Å². The van der Waals surface area contributed by atoms with Gasteiger partial charge in [0.25, 0.3) is 0 Å². The van der Waals surface area contributed by atoms with Crippen molar-refractivity contribution in [2.24, 2.45) is 0 Å². The largest absolute Gasteiger partial charge is 0.464 e. The standard InChI is InChI=1S/C24H47N3O7S2/c1-8-31-15-9-16-32-20-25(5)12-13-26(6)22(29)10-11-24(3,4)36-35-19-18-34-23(30)27(7)14-17-33-21(2)28/h8-20H2,1-7H3. The van der Waals surface area contributed by atoms with E-state index in [0.29, 0.717) is 32.1 Å². The van der Waals surface area contributed by atoms with E-state index in [0.717, 1.165) is 32.6 Å². The monoisotopic (exact) mass is 553 g/mol. The summed E-state index contributed by atoms with van der Waals surface area (Å²) < 4.78 is 20.9. The molecule has 0 aliphatic carbocycles. The third kappa shape index (κ3) is 19.9. The van der Waals surface area contributed by atoms with Crippen LogP contribution in [0.1, 0.15) is 47.0 Å². The molecular formula is C24H47N3O7S2. The average molecular weight is 554 g/mol. The van der Waals surface area contributed by atoms with Crippen LogP contribution in [-0.4, -0.2) is 124 Å². The van der Waals surface area contributed by atoms with Gasteiger partial charge in [-0.1, -0.05) is 21.6 Å². The smallest absolute Gasteiger partial charge is 0.409 e. The highest BCUT2D eigenvalue weighted by Crippen LogP contribution is 2.38. The van der Waals surface area contributed by atoms with Gasteiger partial charge >= 0.3 is 12.1 Å². The van der Waals surface area contributed by atoms with Gasteiger partial charge < -0.3 is 28.7 Å². The zero-order valence-corrected chi connectivity index (χ0v) is 24.8. The summed E-state index contributed by atoms with van der Waals surface area (Å²) in [6, 6.07) is 0. The molecule has 0 heterocycles. The van der Waals surface area contributed by atoms with Crippen LogP contribution in [-0.2, 0) is 28.5 Å². The minimum Gasteiger partial charge on any atom is -0.464 e. The first-order valence-electron chi connectivity index (χ1n) is 12.4. The first-order valence-corrected chi connectivity index (χ1v) is 14.7. The number of carbonyl (C=O) groups is 3. The van der Waals surface area contributed by atoms with Crippen molar-refractivity contribution >= 4 is 39.6 Å². The van der Waals surface area contributed by atoms with Crippen molar-refractivity contribution < 1.29 is 33.3 Å². The minimum atomic E-state index is -0.445.